The van der Waals surface area contributed by atoms with E-state index in [1.807, 2.05) is 36.5 Å². The number of aromatic nitrogens is 1. The molecule has 0 saturated heterocycles. The summed E-state index contributed by atoms with van der Waals surface area (Å²) < 4.78 is 5.41. The van der Waals surface area contributed by atoms with Crippen LogP contribution < -0.4 is 4.90 Å². The first-order valence-electron chi connectivity index (χ1n) is 7.85. The van der Waals surface area contributed by atoms with Gasteiger partial charge in [0.25, 0.3) is 0 Å². The molecule has 2 aromatic heterocycles. The Morgan fingerprint density at radius 3 is 2.23 bits per heavy atom. The first-order chi connectivity index (χ1) is 12.4. The van der Waals surface area contributed by atoms with Gasteiger partial charge in [-0.1, -0.05) is 6.07 Å². The summed E-state index contributed by atoms with van der Waals surface area (Å²) in [5.41, 5.74) is 0. The quantitative estimate of drug-likeness (QED) is 0.687. The predicted molar refractivity (Wildman–Crippen MR) is 97.0 cm³/mol. The number of likely N-dealkylation sites (N-methyl/N-ethyl adjacent to an activating group) is 1. The molecule has 140 valence electrons. The van der Waals surface area contributed by atoms with E-state index in [-0.39, 0.29) is 0 Å². The first-order valence-corrected chi connectivity index (χ1v) is 7.85. The Labute approximate surface area is 152 Å². The fraction of sp³-hybridized carbons (Fsp3) is 0.278. The largest absolute Gasteiger partial charge is 0.478 e. The van der Waals surface area contributed by atoms with E-state index in [9.17, 15) is 9.59 Å². The van der Waals surface area contributed by atoms with Gasteiger partial charge >= 0.3 is 11.9 Å². The average Bonchev–Trinajstić information content (AvgIpc) is 3.11. The van der Waals surface area contributed by atoms with Gasteiger partial charge in [-0.25, -0.2) is 14.6 Å². The molecule has 0 fully saturated rings. The molecule has 8 nitrogen and oxygen atoms in total. The molecule has 0 aliphatic rings. The van der Waals surface area contributed by atoms with Crippen molar-refractivity contribution >= 4 is 17.8 Å². The van der Waals surface area contributed by atoms with Crippen molar-refractivity contribution in [2.75, 3.05) is 32.1 Å². The topological polar surface area (TPSA) is 107 Å². The lowest BCUT2D eigenvalue weighted by Gasteiger charge is -2.24. The van der Waals surface area contributed by atoms with E-state index in [0.717, 1.165) is 31.2 Å². The zero-order valence-electron chi connectivity index (χ0n) is 14.8. The van der Waals surface area contributed by atoms with Crippen molar-refractivity contribution in [2.24, 2.45) is 0 Å². The van der Waals surface area contributed by atoms with Crippen LogP contribution in [0.15, 0.2) is 59.4 Å². The third-order valence-corrected chi connectivity index (χ3v) is 3.09. The highest BCUT2D eigenvalue weighted by molar-refractivity contribution is 5.89. The number of carboxylic acid groups (broad SMARTS) is 2. The van der Waals surface area contributed by atoms with Gasteiger partial charge in [0, 0.05) is 31.4 Å². The van der Waals surface area contributed by atoms with Crippen LogP contribution >= 0.6 is 0 Å². The molecule has 0 aromatic carbocycles. The number of hydrogen-bond acceptors (Lipinski definition) is 6. The molecule has 0 unspecified atom stereocenters. The Morgan fingerprint density at radius 1 is 1.08 bits per heavy atom. The maximum Gasteiger partial charge on any atom is 0.328 e. The molecule has 0 spiro atoms. The smallest absolute Gasteiger partial charge is 0.328 e. The van der Waals surface area contributed by atoms with Gasteiger partial charge in [0.05, 0.1) is 12.8 Å². The molecule has 2 rings (SSSR count). The third kappa shape index (κ3) is 9.24. The molecule has 0 amide bonds. The summed E-state index contributed by atoms with van der Waals surface area (Å²) in [5.74, 6) is -0.574. The zero-order chi connectivity index (χ0) is 19.4. The average molecular weight is 361 g/mol. The van der Waals surface area contributed by atoms with Crippen molar-refractivity contribution in [3.8, 4) is 0 Å². The number of carbonyl (C=O) groups is 2. The second-order valence-electron chi connectivity index (χ2n) is 5.50. The Balaban J connectivity index is 0.000000359. The van der Waals surface area contributed by atoms with Gasteiger partial charge in [0.2, 0.25) is 0 Å². The van der Waals surface area contributed by atoms with Crippen molar-refractivity contribution in [3.63, 3.8) is 0 Å². The summed E-state index contributed by atoms with van der Waals surface area (Å²) in [4.78, 5) is 27.9. The second-order valence-corrected chi connectivity index (χ2v) is 5.50. The summed E-state index contributed by atoms with van der Waals surface area (Å²) in [5, 5.41) is 15.6. The van der Waals surface area contributed by atoms with Crippen LogP contribution in [0.2, 0.25) is 0 Å². The number of carboxylic acids is 2. The van der Waals surface area contributed by atoms with E-state index in [2.05, 4.69) is 28.9 Å². The minimum absolute atomic E-state index is 0.558. The number of anilines is 1. The van der Waals surface area contributed by atoms with Crippen molar-refractivity contribution < 1.29 is 24.2 Å². The molecule has 0 aliphatic carbocycles. The van der Waals surface area contributed by atoms with Gasteiger partial charge in [-0.3, -0.25) is 0 Å². The molecule has 26 heavy (non-hydrogen) atoms. The van der Waals surface area contributed by atoms with Gasteiger partial charge in [-0.05, 0) is 38.4 Å². The Kier molecular flexibility index (Phi) is 9.19. The van der Waals surface area contributed by atoms with E-state index in [1.54, 1.807) is 6.26 Å². The molecule has 8 heteroatoms. The van der Waals surface area contributed by atoms with Crippen molar-refractivity contribution in [3.05, 3.63) is 60.7 Å². The number of nitrogens with zero attached hydrogens (tertiary/aromatic N) is 3. The van der Waals surface area contributed by atoms with Crippen LogP contribution in [0.4, 0.5) is 5.82 Å². The fourth-order valence-corrected chi connectivity index (χ4v) is 1.87. The lowest BCUT2D eigenvalue weighted by atomic mass is 10.3. The zero-order valence-corrected chi connectivity index (χ0v) is 14.8. The molecule has 0 aliphatic heterocycles. The molecule has 0 atom stereocenters. The minimum atomic E-state index is -1.26. The second kappa shape index (κ2) is 11.4. The maximum absolute atomic E-state index is 9.55. The number of furan rings is 1. The highest BCUT2D eigenvalue weighted by Gasteiger charge is 2.10. The van der Waals surface area contributed by atoms with Gasteiger partial charge in [-0.2, -0.15) is 0 Å². The molecule has 0 bridgehead atoms. The van der Waals surface area contributed by atoms with Crippen LogP contribution in [0.1, 0.15) is 5.76 Å². The summed E-state index contributed by atoms with van der Waals surface area (Å²) in [6.07, 6.45) is 4.64. The van der Waals surface area contributed by atoms with Crippen LogP contribution in [0.3, 0.4) is 0 Å². The normalized spacial score (nSPS) is 10.4. The molecular weight excluding hydrogens is 338 g/mol. The highest BCUT2D eigenvalue weighted by Crippen LogP contribution is 2.14. The number of rotatable bonds is 8. The molecule has 0 radical (unpaired) electrons. The van der Waals surface area contributed by atoms with E-state index in [0.29, 0.717) is 12.2 Å². The lowest BCUT2D eigenvalue weighted by molar-refractivity contribution is -0.134. The molecule has 0 saturated carbocycles. The van der Waals surface area contributed by atoms with Crippen molar-refractivity contribution in [1.29, 1.82) is 0 Å². The SMILES string of the molecule is CN(C)CCN(Cc1ccco1)c1ccccn1.O=C(O)/C=C/C(=O)O. The van der Waals surface area contributed by atoms with E-state index in [1.165, 1.54) is 0 Å². The van der Waals surface area contributed by atoms with Crippen LogP contribution in [0.5, 0.6) is 0 Å². The fourth-order valence-electron chi connectivity index (χ4n) is 1.87. The van der Waals surface area contributed by atoms with E-state index >= 15 is 0 Å². The molecule has 2 N–H and O–H groups in total. The van der Waals surface area contributed by atoms with Crippen LogP contribution in [0.25, 0.3) is 0 Å². The number of pyridine rings is 1. The summed E-state index contributed by atoms with van der Waals surface area (Å²) >= 11 is 0. The van der Waals surface area contributed by atoms with Crippen molar-refractivity contribution in [1.82, 2.24) is 9.88 Å². The molecule has 2 aromatic rings. The third-order valence-electron chi connectivity index (χ3n) is 3.09. The van der Waals surface area contributed by atoms with Crippen molar-refractivity contribution in [2.45, 2.75) is 6.54 Å². The van der Waals surface area contributed by atoms with Crippen LogP contribution in [-0.2, 0) is 16.1 Å². The molecule has 2 heterocycles. The lowest BCUT2D eigenvalue weighted by Crippen LogP contribution is -2.31. The summed E-state index contributed by atoms with van der Waals surface area (Å²) in [6.45, 7) is 2.65. The molecular formula is C18H23N3O5. The Morgan fingerprint density at radius 2 is 1.77 bits per heavy atom. The Bertz CT molecular complexity index is 668. The standard InChI is InChI=1S/C14H19N3O.C4H4O4/c1-16(2)9-10-17(12-13-6-5-11-18-13)14-7-3-4-8-15-14;5-3(6)1-2-4(7)8/h3-8,11H,9-10,12H2,1-2H3;1-2H,(H,5,6)(H,7,8)/b;2-1+. The highest BCUT2D eigenvalue weighted by atomic mass is 16.4. The monoisotopic (exact) mass is 361 g/mol. The van der Waals surface area contributed by atoms with Gasteiger partial charge in [0.1, 0.15) is 11.6 Å². The van der Waals surface area contributed by atoms with Crippen LogP contribution in [0, 0.1) is 0 Å². The Hall–Kier alpha value is -3.13. The number of hydrogen-bond donors (Lipinski definition) is 2. The predicted octanol–water partition coefficient (Wildman–Crippen LogP) is 1.95. The van der Waals surface area contributed by atoms with Gasteiger partial charge in [-0.15, -0.1) is 0 Å². The van der Waals surface area contributed by atoms with Crippen LogP contribution in [-0.4, -0.2) is 59.2 Å². The van der Waals surface area contributed by atoms with Gasteiger partial charge in [0.15, 0.2) is 0 Å². The van der Waals surface area contributed by atoms with E-state index < -0.39 is 11.9 Å². The summed E-state index contributed by atoms with van der Waals surface area (Å²) in [7, 11) is 4.15. The number of aliphatic carboxylic acids is 2. The van der Waals surface area contributed by atoms with Gasteiger partial charge < -0.3 is 24.4 Å². The maximum atomic E-state index is 9.55. The minimum Gasteiger partial charge on any atom is -0.478 e. The summed E-state index contributed by atoms with van der Waals surface area (Å²) in [6, 6.07) is 9.87. The first kappa shape index (κ1) is 20.9. The van der Waals surface area contributed by atoms with E-state index in [4.69, 9.17) is 14.6 Å².